The zero-order valence-electron chi connectivity index (χ0n) is 22.9. The Morgan fingerprint density at radius 1 is 0.875 bits per heavy atom. The van der Waals surface area contributed by atoms with Crippen LogP contribution in [0, 0.1) is 0 Å². The number of nitrogens with zero attached hydrogens (tertiary/aromatic N) is 3. The molecule has 2 aliphatic heterocycles. The first-order valence-corrected chi connectivity index (χ1v) is 14.6. The molecule has 0 aliphatic carbocycles. The first kappa shape index (κ1) is 28.1. The second-order valence-corrected chi connectivity index (χ2v) is 11.1. The van der Waals surface area contributed by atoms with Crippen LogP contribution in [0.15, 0.2) is 78.9 Å². The number of piperazine rings is 1. The van der Waals surface area contributed by atoms with Crippen molar-refractivity contribution in [2.75, 3.05) is 50.7 Å². The number of nitrogens with one attached hydrogen (secondary N) is 1. The SMILES string of the molecule is O=C(NCCCCN1CCN(c2cccc(Cl)c2)CC1)[N@@+]1(C(=O)OCc2ccccc2)CCc2ccccc2C1. The average molecular weight is 562 g/mol. The van der Waals surface area contributed by atoms with Gasteiger partial charge in [-0.15, -0.1) is 4.48 Å². The van der Waals surface area contributed by atoms with Gasteiger partial charge >= 0.3 is 12.1 Å². The van der Waals surface area contributed by atoms with E-state index in [2.05, 4.69) is 27.2 Å². The summed E-state index contributed by atoms with van der Waals surface area (Å²) in [5.41, 5.74) is 4.29. The quantitative estimate of drug-likeness (QED) is 0.276. The number of ether oxygens (including phenoxy) is 1. The fraction of sp³-hybridized carbons (Fsp3) is 0.375. The average Bonchev–Trinajstić information content (AvgIpc) is 3.00. The lowest BCUT2D eigenvalue weighted by molar-refractivity contribution is -0.794. The summed E-state index contributed by atoms with van der Waals surface area (Å²) in [6.45, 7) is 6.35. The van der Waals surface area contributed by atoms with Gasteiger partial charge in [-0.2, -0.15) is 4.79 Å². The summed E-state index contributed by atoms with van der Waals surface area (Å²) < 4.78 is 5.36. The molecule has 3 aromatic carbocycles. The van der Waals surface area contributed by atoms with E-state index in [1.807, 2.05) is 66.7 Å². The van der Waals surface area contributed by atoms with E-state index < -0.39 is 6.09 Å². The molecule has 0 saturated carbocycles. The normalized spacial score (nSPS) is 19.1. The van der Waals surface area contributed by atoms with E-state index in [1.54, 1.807) is 0 Å². The Morgan fingerprint density at radius 3 is 2.40 bits per heavy atom. The van der Waals surface area contributed by atoms with Gasteiger partial charge in [0.1, 0.15) is 19.7 Å². The van der Waals surface area contributed by atoms with Crippen LogP contribution in [0.5, 0.6) is 0 Å². The first-order chi connectivity index (χ1) is 19.5. The Hall–Kier alpha value is -3.39. The lowest BCUT2D eigenvalue weighted by Crippen LogP contribution is -2.62. The highest BCUT2D eigenvalue weighted by molar-refractivity contribution is 6.30. The summed E-state index contributed by atoms with van der Waals surface area (Å²) in [4.78, 5) is 31.9. The maximum Gasteiger partial charge on any atom is 0.525 e. The fourth-order valence-corrected chi connectivity index (χ4v) is 5.79. The van der Waals surface area contributed by atoms with E-state index in [4.69, 9.17) is 16.3 Å². The maximum atomic E-state index is 13.6. The molecule has 0 aromatic heterocycles. The minimum absolute atomic E-state index is 0.152. The highest BCUT2D eigenvalue weighted by Crippen LogP contribution is 2.27. The van der Waals surface area contributed by atoms with E-state index in [0.29, 0.717) is 26.1 Å². The van der Waals surface area contributed by atoms with Crippen LogP contribution in [-0.4, -0.2) is 67.3 Å². The number of carbonyl (C=O) groups excluding carboxylic acids is 2. The summed E-state index contributed by atoms with van der Waals surface area (Å²) in [5, 5.41) is 3.84. The largest absolute Gasteiger partial charge is 0.525 e. The summed E-state index contributed by atoms with van der Waals surface area (Å²) in [7, 11) is 0. The molecule has 2 aliphatic rings. The number of anilines is 1. The third-order valence-electron chi connectivity index (χ3n) is 7.99. The number of urea groups is 1. The van der Waals surface area contributed by atoms with Crippen molar-refractivity contribution in [2.24, 2.45) is 0 Å². The number of quaternary nitrogens is 1. The van der Waals surface area contributed by atoms with Crippen LogP contribution in [0.1, 0.15) is 29.5 Å². The molecule has 5 rings (SSSR count). The number of imide groups is 1. The number of halogens is 1. The topological polar surface area (TPSA) is 61.9 Å². The Kier molecular flexibility index (Phi) is 9.37. The van der Waals surface area contributed by atoms with E-state index in [9.17, 15) is 9.59 Å². The maximum absolute atomic E-state index is 13.6. The van der Waals surface area contributed by atoms with Crippen LogP contribution in [0.2, 0.25) is 5.02 Å². The second-order valence-electron chi connectivity index (χ2n) is 10.7. The molecule has 0 unspecified atom stereocenters. The van der Waals surface area contributed by atoms with E-state index in [-0.39, 0.29) is 17.1 Å². The van der Waals surface area contributed by atoms with Gasteiger partial charge in [0.2, 0.25) is 0 Å². The number of rotatable bonds is 8. The van der Waals surface area contributed by atoms with Gasteiger partial charge in [0.15, 0.2) is 0 Å². The molecule has 1 fully saturated rings. The Labute approximate surface area is 241 Å². The van der Waals surface area contributed by atoms with Gasteiger partial charge in [0.25, 0.3) is 0 Å². The van der Waals surface area contributed by atoms with Gasteiger partial charge in [-0.05, 0) is 48.7 Å². The van der Waals surface area contributed by atoms with Gasteiger partial charge in [0, 0.05) is 55.4 Å². The predicted molar refractivity (Wildman–Crippen MR) is 158 cm³/mol. The van der Waals surface area contributed by atoms with Crippen LogP contribution in [0.3, 0.4) is 0 Å². The minimum atomic E-state index is -0.492. The van der Waals surface area contributed by atoms with Gasteiger partial charge in [-0.25, -0.2) is 4.79 Å². The zero-order chi connectivity index (χ0) is 27.8. The molecule has 1 N–H and O–H groups in total. The molecule has 1 saturated heterocycles. The monoisotopic (exact) mass is 561 g/mol. The zero-order valence-corrected chi connectivity index (χ0v) is 23.7. The molecule has 3 amide bonds. The van der Waals surface area contributed by atoms with Gasteiger partial charge in [0.05, 0.1) is 0 Å². The Balaban J connectivity index is 1.11. The number of unbranched alkanes of at least 4 members (excludes halogenated alkanes) is 1. The minimum Gasteiger partial charge on any atom is -0.415 e. The van der Waals surface area contributed by atoms with Crippen molar-refractivity contribution in [1.29, 1.82) is 0 Å². The van der Waals surface area contributed by atoms with Crippen molar-refractivity contribution in [3.63, 3.8) is 0 Å². The summed E-state index contributed by atoms with van der Waals surface area (Å²) in [6, 6.07) is 25.4. The van der Waals surface area contributed by atoms with E-state index in [1.165, 1.54) is 11.3 Å². The molecule has 210 valence electrons. The van der Waals surface area contributed by atoms with Gasteiger partial charge in [-0.3, -0.25) is 4.90 Å². The molecule has 3 aromatic rings. The molecular formula is C32H38ClN4O3+. The van der Waals surface area contributed by atoms with Crippen molar-refractivity contribution < 1.29 is 18.8 Å². The van der Waals surface area contributed by atoms with Crippen LogP contribution >= 0.6 is 11.6 Å². The number of hydrogen-bond acceptors (Lipinski definition) is 5. The van der Waals surface area contributed by atoms with Crippen molar-refractivity contribution in [3.8, 4) is 0 Å². The Morgan fingerprint density at radius 2 is 1.62 bits per heavy atom. The number of carbonyl (C=O) groups is 2. The second kappa shape index (κ2) is 13.3. The molecule has 7 nitrogen and oxygen atoms in total. The lowest BCUT2D eigenvalue weighted by Gasteiger charge is -2.36. The molecule has 0 radical (unpaired) electrons. The number of amides is 3. The highest BCUT2D eigenvalue weighted by atomic mass is 35.5. The van der Waals surface area contributed by atoms with E-state index >= 15 is 0 Å². The summed E-state index contributed by atoms with van der Waals surface area (Å²) in [6.07, 6.45) is 2.01. The van der Waals surface area contributed by atoms with Gasteiger partial charge in [-0.1, -0.05) is 72.3 Å². The molecule has 2 heterocycles. The van der Waals surface area contributed by atoms with Crippen LogP contribution in [0.25, 0.3) is 0 Å². The van der Waals surface area contributed by atoms with Crippen LogP contribution in [-0.2, 0) is 24.3 Å². The Bertz CT molecular complexity index is 1300. The number of hydrogen-bond donors (Lipinski definition) is 1. The third-order valence-corrected chi connectivity index (χ3v) is 8.22. The molecular weight excluding hydrogens is 524 g/mol. The van der Waals surface area contributed by atoms with Crippen molar-refractivity contribution >= 4 is 29.4 Å². The van der Waals surface area contributed by atoms with Crippen molar-refractivity contribution in [1.82, 2.24) is 10.2 Å². The lowest BCUT2D eigenvalue weighted by atomic mass is 9.98. The number of fused-ring (bicyclic) bond motifs is 1. The number of benzene rings is 3. The first-order valence-electron chi connectivity index (χ1n) is 14.2. The molecule has 0 spiro atoms. The fourth-order valence-electron chi connectivity index (χ4n) is 5.60. The van der Waals surface area contributed by atoms with Crippen LogP contribution < -0.4 is 10.2 Å². The molecule has 8 heteroatoms. The smallest absolute Gasteiger partial charge is 0.415 e. The third kappa shape index (κ3) is 6.84. The molecule has 1 atom stereocenters. The summed E-state index contributed by atoms with van der Waals surface area (Å²) in [5.74, 6) is 0. The standard InChI is InChI=1S/C32H37ClN4O3/c33-29-13-8-14-30(23-29)36-20-18-35(19-21-36)17-7-6-16-34-31(38)37(22-15-27-11-4-5-12-28(27)24-37)32(39)40-25-26-9-2-1-3-10-26/h1-5,8-14,23H,6-7,15-22,24-25H2/p+1/t37-/m1/s1. The molecule has 40 heavy (non-hydrogen) atoms. The molecule has 0 bridgehead atoms. The van der Waals surface area contributed by atoms with Crippen molar-refractivity contribution in [2.45, 2.75) is 32.4 Å². The van der Waals surface area contributed by atoms with E-state index in [0.717, 1.165) is 61.7 Å². The summed E-state index contributed by atoms with van der Waals surface area (Å²) >= 11 is 6.16. The predicted octanol–water partition coefficient (Wildman–Crippen LogP) is 5.86. The van der Waals surface area contributed by atoms with Crippen LogP contribution in [0.4, 0.5) is 15.3 Å². The van der Waals surface area contributed by atoms with Crippen molar-refractivity contribution in [3.05, 3.63) is 101 Å². The van der Waals surface area contributed by atoms with Gasteiger partial charge < -0.3 is 15.0 Å². The highest BCUT2D eigenvalue weighted by Gasteiger charge is 2.49.